The first kappa shape index (κ1) is 7.35. The van der Waals surface area contributed by atoms with Gasteiger partial charge in [-0.3, -0.25) is 0 Å². The number of ether oxygens (including phenoxy) is 1. The van der Waals surface area contributed by atoms with E-state index in [9.17, 15) is 0 Å². The molecule has 3 atom stereocenters. The lowest BCUT2D eigenvalue weighted by Crippen LogP contribution is -2.09. The van der Waals surface area contributed by atoms with Gasteiger partial charge in [-0.05, 0) is 32.1 Å². The highest BCUT2D eigenvalue weighted by atomic mass is 127. The van der Waals surface area contributed by atoms with Crippen molar-refractivity contribution in [1.29, 1.82) is 0 Å². The lowest BCUT2D eigenvalue weighted by atomic mass is 10.0. The molecule has 2 fully saturated rings. The fourth-order valence-corrected chi connectivity index (χ4v) is 2.86. The summed E-state index contributed by atoms with van der Waals surface area (Å²) in [6.07, 6.45) is 7.89. The second kappa shape index (κ2) is 2.97. The molecule has 1 nitrogen and oxygen atoms in total. The molecule has 0 saturated carbocycles. The van der Waals surface area contributed by atoms with Crippen LogP contribution >= 0.6 is 22.6 Å². The summed E-state index contributed by atoms with van der Waals surface area (Å²) in [5, 5.41) is 0. The van der Waals surface area contributed by atoms with Crippen molar-refractivity contribution in [3.63, 3.8) is 0 Å². The molecule has 2 rings (SSSR count). The Morgan fingerprint density at radius 1 is 1.00 bits per heavy atom. The molecule has 2 aliphatic heterocycles. The van der Waals surface area contributed by atoms with Gasteiger partial charge in [-0.15, -0.1) is 0 Å². The Balaban J connectivity index is 1.99. The Hall–Kier alpha value is 0.690. The molecular weight excluding hydrogens is 239 g/mol. The van der Waals surface area contributed by atoms with E-state index >= 15 is 0 Å². The first-order valence-corrected chi connectivity index (χ1v) is 5.38. The highest BCUT2D eigenvalue weighted by Gasteiger charge is 2.30. The van der Waals surface area contributed by atoms with Crippen LogP contribution in [-0.4, -0.2) is 16.1 Å². The molecule has 2 heterocycles. The molecule has 0 amide bonds. The van der Waals surface area contributed by atoms with Crippen molar-refractivity contribution in [3.05, 3.63) is 0 Å². The predicted octanol–water partition coefficient (Wildman–Crippen LogP) is 2.52. The van der Waals surface area contributed by atoms with Crippen LogP contribution in [0.3, 0.4) is 0 Å². The third kappa shape index (κ3) is 1.47. The molecule has 2 heteroatoms. The second-order valence-electron chi connectivity index (χ2n) is 3.37. The first-order chi connectivity index (χ1) is 4.84. The summed E-state index contributed by atoms with van der Waals surface area (Å²) in [6, 6.07) is 0. The molecule has 0 aromatic rings. The maximum Gasteiger partial charge on any atom is 0.0589 e. The minimum absolute atomic E-state index is 0.620. The Morgan fingerprint density at radius 3 is 2.60 bits per heavy atom. The average Bonchev–Trinajstić information content (AvgIpc) is 2.22. The van der Waals surface area contributed by atoms with Gasteiger partial charge in [0.2, 0.25) is 0 Å². The van der Waals surface area contributed by atoms with Gasteiger partial charge in [-0.1, -0.05) is 22.6 Å². The van der Waals surface area contributed by atoms with Gasteiger partial charge in [0.25, 0.3) is 0 Å². The van der Waals surface area contributed by atoms with Crippen molar-refractivity contribution >= 4 is 22.6 Å². The van der Waals surface area contributed by atoms with Gasteiger partial charge >= 0.3 is 0 Å². The molecule has 58 valence electrons. The van der Waals surface area contributed by atoms with Crippen LogP contribution in [0.4, 0.5) is 0 Å². The Labute approximate surface area is 75.7 Å². The average molecular weight is 252 g/mol. The maximum absolute atomic E-state index is 5.79. The monoisotopic (exact) mass is 252 g/mol. The molecule has 0 spiro atoms. The zero-order chi connectivity index (χ0) is 6.97. The zero-order valence-electron chi connectivity index (χ0n) is 6.05. The van der Waals surface area contributed by atoms with Crippen LogP contribution in [0.15, 0.2) is 0 Å². The van der Waals surface area contributed by atoms with Crippen molar-refractivity contribution in [2.75, 3.05) is 0 Å². The fourth-order valence-electron chi connectivity index (χ4n) is 1.94. The smallest absolute Gasteiger partial charge is 0.0589 e. The van der Waals surface area contributed by atoms with E-state index in [0.29, 0.717) is 12.2 Å². The van der Waals surface area contributed by atoms with E-state index in [2.05, 4.69) is 22.6 Å². The summed E-state index contributed by atoms with van der Waals surface area (Å²) >= 11 is 2.56. The predicted molar refractivity (Wildman–Crippen MR) is 49.6 cm³/mol. The number of rotatable bonds is 0. The molecule has 0 aromatic heterocycles. The van der Waals surface area contributed by atoms with Gasteiger partial charge in [0.1, 0.15) is 0 Å². The van der Waals surface area contributed by atoms with Crippen LogP contribution in [-0.2, 0) is 4.74 Å². The lowest BCUT2D eigenvalue weighted by Gasteiger charge is -2.10. The molecular formula is C8H13IO. The molecule has 10 heavy (non-hydrogen) atoms. The van der Waals surface area contributed by atoms with Gasteiger partial charge in [0.05, 0.1) is 12.2 Å². The Kier molecular flexibility index (Phi) is 2.18. The number of alkyl halides is 1. The minimum atomic E-state index is 0.620. The van der Waals surface area contributed by atoms with Crippen molar-refractivity contribution < 1.29 is 4.74 Å². The summed E-state index contributed by atoms with van der Waals surface area (Å²) in [4.78, 5) is 0. The Bertz CT molecular complexity index is 126. The summed E-state index contributed by atoms with van der Waals surface area (Å²) in [7, 11) is 0. The van der Waals surface area contributed by atoms with Gasteiger partial charge in [-0.25, -0.2) is 0 Å². The highest BCUT2D eigenvalue weighted by molar-refractivity contribution is 14.1. The van der Waals surface area contributed by atoms with E-state index in [4.69, 9.17) is 4.74 Å². The number of fused-ring (bicyclic) bond motifs is 2. The van der Waals surface area contributed by atoms with E-state index in [0.717, 1.165) is 3.92 Å². The largest absolute Gasteiger partial charge is 0.375 e. The summed E-state index contributed by atoms with van der Waals surface area (Å²) in [6.45, 7) is 0. The van der Waals surface area contributed by atoms with Crippen LogP contribution in [0.5, 0.6) is 0 Å². The van der Waals surface area contributed by atoms with Gasteiger partial charge in [-0.2, -0.15) is 0 Å². The molecule has 2 saturated heterocycles. The van der Waals surface area contributed by atoms with Crippen LogP contribution in [0, 0.1) is 0 Å². The zero-order valence-corrected chi connectivity index (χ0v) is 8.21. The fraction of sp³-hybridized carbons (Fsp3) is 1.00. The van der Waals surface area contributed by atoms with Crippen LogP contribution in [0.1, 0.15) is 32.1 Å². The third-order valence-electron chi connectivity index (χ3n) is 2.52. The lowest BCUT2D eigenvalue weighted by molar-refractivity contribution is 0.0503. The summed E-state index contributed by atoms with van der Waals surface area (Å²) < 4.78 is 6.67. The molecule has 0 N–H and O–H groups in total. The molecule has 0 aliphatic carbocycles. The number of hydrogen-bond donors (Lipinski definition) is 0. The number of hydrogen-bond acceptors (Lipinski definition) is 1. The minimum Gasteiger partial charge on any atom is -0.375 e. The maximum atomic E-state index is 5.79. The standard InChI is InChI=1S/C8H13IO/c9-6-1-2-7-3-4-8(5-6)10-7/h6-8H,1-5H2. The van der Waals surface area contributed by atoms with E-state index in [-0.39, 0.29) is 0 Å². The quantitative estimate of drug-likeness (QED) is 0.475. The van der Waals surface area contributed by atoms with Crippen molar-refractivity contribution in [1.82, 2.24) is 0 Å². The molecule has 2 aliphatic rings. The molecule has 3 unspecified atom stereocenters. The van der Waals surface area contributed by atoms with Gasteiger partial charge in [0.15, 0.2) is 0 Å². The van der Waals surface area contributed by atoms with E-state index in [1.165, 1.54) is 32.1 Å². The highest BCUT2D eigenvalue weighted by Crippen LogP contribution is 2.33. The van der Waals surface area contributed by atoms with Crippen molar-refractivity contribution in [3.8, 4) is 0 Å². The SMILES string of the molecule is IC1CCC2CCC(C1)O2. The van der Waals surface area contributed by atoms with Crippen LogP contribution in [0.25, 0.3) is 0 Å². The van der Waals surface area contributed by atoms with Crippen molar-refractivity contribution in [2.24, 2.45) is 0 Å². The summed E-state index contributed by atoms with van der Waals surface area (Å²) in [5.41, 5.74) is 0. The van der Waals surface area contributed by atoms with Crippen LogP contribution < -0.4 is 0 Å². The molecule has 2 bridgehead atoms. The topological polar surface area (TPSA) is 9.23 Å². The molecule has 0 aromatic carbocycles. The summed E-state index contributed by atoms with van der Waals surface area (Å²) in [5.74, 6) is 0. The second-order valence-corrected chi connectivity index (χ2v) is 5.13. The van der Waals surface area contributed by atoms with E-state index in [1.54, 1.807) is 0 Å². The van der Waals surface area contributed by atoms with Crippen molar-refractivity contribution in [2.45, 2.75) is 48.2 Å². The number of halogens is 1. The van der Waals surface area contributed by atoms with E-state index < -0.39 is 0 Å². The Morgan fingerprint density at radius 2 is 1.70 bits per heavy atom. The van der Waals surface area contributed by atoms with Crippen LogP contribution in [0.2, 0.25) is 0 Å². The third-order valence-corrected chi connectivity index (χ3v) is 3.65. The normalized spacial score (nSPS) is 47.1. The van der Waals surface area contributed by atoms with Gasteiger partial charge in [0, 0.05) is 3.92 Å². The van der Waals surface area contributed by atoms with E-state index in [1.807, 2.05) is 0 Å². The molecule has 0 radical (unpaired) electrons. The van der Waals surface area contributed by atoms with Gasteiger partial charge < -0.3 is 4.74 Å². The first-order valence-electron chi connectivity index (χ1n) is 4.14.